The van der Waals surface area contributed by atoms with Crippen molar-refractivity contribution in [3.63, 3.8) is 0 Å². The second-order valence-electron chi connectivity index (χ2n) is 7.45. The third-order valence-corrected chi connectivity index (χ3v) is 7.72. The summed E-state index contributed by atoms with van der Waals surface area (Å²) in [6.07, 6.45) is 2.71. The molecule has 2 aromatic carbocycles. The van der Waals surface area contributed by atoms with Gasteiger partial charge in [-0.2, -0.15) is 4.31 Å². The number of carbonyl (C=O) groups excluding carboxylic acids is 2. The second-order valence-corrected chi connectivity index (χ2v) is 9.29. The van der Waals surface area contributed by atoms with Gasteiger partial charge in [0.25, 0.3) is 11.8 Å². The molecule has 2 atom stereocenters. The average molecular weight is 398 g/mol. The van der Waals surface area contributed by atoms with E-state index in [4.69, 9.17) is 0 Å². The molecular formula is C21H22N2O4S. The van der Waals surface area contributed by atoms with Crippen molar-refractivity contribution in [1.82, 2.24) is 4.31 Å². The number of nitrogens with zero attached hydrogens (tertiary/aromatic N) is 2. The number of anilines is 1. The molecule has 4 rings (SSSR count). The third-order valence-electron chi connectivity index (χ3n) is 5.58. The van der Waals surface area contributed by atoms with Crippen molar-refractivity contribution in [3.8, 4) is 0 Å². The molecular weight excluding hydrogens is 376 g/mol. The number of sulfonamides is 1. The van der Waals surface area contributed by atoms with Crippen LogP contribution in [0, 0.1) is 0 Å². The molecule has 0 saturated carbocycles. The van der Waals surface area contributed by atoms with Crippen LogP contribution in [0.25, 0.3) is 0 Å². The largest absolute Gasteiger partial charge is 0.268 e. The Bertz CT molecular complexity index is 1000. The first kappa shape index (κ1) is 18.8. The molecule has 1 saturated heterocycles. The van der Waals surface area contributed by atoms with Gasteiger partial charge < -0.3 is 0 Å². The van der Waals surface area contributed by atoms with Crippen LogP contribution in [-0.4, -0.2) is 36.6 Å². The smallest absolute Gasteiger partial charge is 0.266 e. The molecule has 2 aromatic rings. The highest BCUT2D eigenvalue weighted by Crippen LogP contribution is 2.32. The Labute approximate surface area is 164 Å². The maximum Gasteiger partial charge on any atom is 0.266 e. The van der Waals surface area contributed by atoms with E-state index in [9.17, 15) is 18.0 Å². The molecule has 28 heavy (non-hydrogen) atoms. The van der Waals surface area contributed by atoms with Gasteiger partial charge in [0, 0.05) is 12.1 Å². The van der Waals surface area contributed by atoms with Crippen LogP contribution in [0.3, 0.4) is 0 Å². The predicted octanol–water partition coefficient (Wildman–Crippen LogP) is 3.44. The highest BCUT2D eigenvalue weighted by atomic mass is 32.2. The Balaban J connectivity index is 1.65. The lowest BCUT2D eigenvalue weighted by molar-refractivity contribution is 0.0926. The van der Waals surface area contributed by atoms with Crippen LogP contribution in [0.1, 0.15) is 53.8 Å². The van der Waals surface area contributed by atoms with Crippen LogP contribution in [0.4, 0.5) is 5.69 Å². The number of rotatable bonds is 3. The number of hydrogen-bond donors (Lipinski definition) is 0. The normalized spacial score (nSPS) is 23.1. The highest BCUT2D eigenvalue weighted by molar-refractivity contribution is 7.89. The van der Waals surface area contributed by atoms with E-state index in [1.807, 2.05) is 13.8 Å². The van der Waals surface area contributed by atoms with Crippen LogP contribution >= 0.6 is 0 Å². The third kappa shape index (κ3) is 2.86. The van der Waals surface area contributed by atoms with Gasteiger partial charge in [0.05, 0.1) is 21.7 Å². The van der Waals surface area contributed by atoms with Crippen molar-refractivity contribution < 1.29 is 18.0 Å². The van der Waals surface area contributed by atoms with Gasteiger partial charge in [-0.15, -0.1) is 0 Å². The molecule has 2 unspecified atom stereocenters. The number of piperidine rings is 1. The molecule has 1 fully saturated rings. The molecule has 0 N–H and O–H groups in total. The lowest BCUT2D eigenvalue weighted by Gasteiger charge is -2.37. The van der Waals surface area contributed by atoms with Crippen LogP contribution in [0.2, 0.25) is 0 Å². The van der Waals surface area contributed by atoms with Gasteiger partial charge in [0.1, 0.15) is 0 Å². The molecule has 6 nitrogen and oxygen atoms in total. The summed E-state index contributed by atoms with van der Waals surface area (Å²) >= 11 is 0. The lowest BCUT2D eigenvalue weighted by atomic mass is 10.0. The molecule has 0 spiro atoms. The molecule has 0 radical (unpaired) electrons. The van der Waals surface area contributed by atoms with Crippen molar-refractivity contribution in [2.45, 2.75) is 50.1 Å². The summed E-state index contributed by atoms with van der Waals surface area (Å²) < 4.78 is 27.8. The van der Waals surface area contributed by atoms with Gasteiger partial charge in [0.2, 0.25) is 10.0 Å². The summed E-state index contributed by atoms with van der Waals surface area (Å²) in [6, 6.07) is 12.6. The fourth-order valence-corrected chi connectivity index (χ4v) is 6.07. The fourth-order valence-electron chi connectivity index (χ4n) is 4.18. The molecule has 0 aromatic heterocycles. The van der Waals surface area contributed by atoms with Gasteiger partial charge in [0.15, 0.2) is 0 Å². The number of amides is 2. The molecule has 146 valence electrons. The molecule has 2 aliphatic heterocycles. The molecule has 2 aliphatic rings. The Morgan fingerprint density at radius 3 is 1.82 bits per heavy atom. The maximum absolute atomic E-state index is 13.1. The summed E-state index contributed by atoms with van der Waals surface area (Å²) in [6.45, 7) is 3.86. The van der Waals surface area contributed by atoms with Gasteiger partial charge >= 0.3 is 0 Å². The average Bonchev–Trinajstić information content (AvgIpc) is 2.93. The summed E-state index contributed by atoms with van der Waals surface area (Å²) in [5.41, 5.74) is 1.09. The van der Waals surface area contributed by atoms with Gasteiger partial charge in [-0.3, -0.25) is 9.59 Å². The van der Waals surface area contributed by atoms with E-state index in [0.29, 0.717) is 16.8 Å². The van der Waals surface area contributed by atoms with Crippen molar-refractivity contribution in [2.24, 2.45) is 0 Å². The summed E-state index contributed by atoms with van der Waals surface area (Å²) in [4.78, 5) is 26.5. The van der Waals surface area contributed by atoms with Crippen molar-refractivity contribution in [3.05, 3.63) is 59.7 Å². The molecule has 2 heterocycles. The zero-order valence-corrected chi connectivity index (χ0v) is 16.6. The van der Waals surface area contributed by atoms with Crippen LogP contribution in [-0.2, 0) is 10.0 Å². The first-order valence-corrected chi connectivity index (χ1v) is 10.9. The van der Waals surface area contributed by atoms with Crippen LogP contribution < -0.4 is 4.90 Å². The maximum atomic E-state index is 13.1. The van der Waals surface area contributed by atoms with Crippen LogP contribution in [0.15, 0.2) is 53.4 Å². The van der Waals surface area contributed by atoms with Gasteiger partial charge in [-0.25, -0.2) is 13.3 Å². The minimum Gasteiger partial charge on any atom is -0.268 e. The molecule has 7 heteroatoms. The Morgan fingerprint density at radius 2 is 1.32 bits per heavy atom. The summed E-state index contributed by atoms with van der Waals surface area (Å²) in [5.74, 6) is -0.788. The van der Waals surface area contributed by atoms with Crippen molar-refractivity contribution >= 4 is 27.5 Å². The Hall–Kier alpha value is -2.51. The summed E-state index contributed by atoms with van der Waals surface area (Å²) in [5, 5.41) is 0. The first-order chi connectivity index (χ1) is 13.3. The minimum absolute atomic E-state index is 0.0512. The number of imide groups is 1. The van der Waals surface area contributed by atoms with E-state index in [1.54, 1.807) is 28.6 Å². The lowest BCUT2D eigenvalue weighted by Crippen LogP contribution is -2.47. The highest BCUT2D eigenvalue weighted by Gasteiger charge is 2.38. The van der Waals surface area contributed by atoms with Gasteiger partial charge in [-0.05, 0) is 63.1 Å². The van der Waals surface area contributed by atoms with Crippen molar-refractivity contribution in [1.29, 1.82) is 0 Å². The van der Waals surface area contributed by atoms with Gasteiger partial charge in [-0.1, -0.05) is 18.6 Å². The summed E-state index contributed by atoms with van der Waals surface area (Å²) in [7, 11) is -3.64. The van der Waals surface area contributed by atoms with E-state index in [0.717, 1.165) is 24.2 Å². The second kappa shape index (κ2) is 6.83. The molecule has 0 aliphatic carbocycles. The zero-order chi connectivity index (χ0) is 20.1. The zero-order valence-electron chi connectivity index (χ0n) is 15.8. The first-order valence-electron chi connectivity index (χ1n) is 9.44. The quantitative estimate of drug-likeness (QED) is 0.743. The predicted molar refractivity (Wildman–Crippen MR) is 106 cm³/mol. The van der Waals surface area contributed by atoms with Crippen molar-refractivity contribution in [2.75, 3.05) is 4.90 Å². The van der Waals surface area contributed by atoms with E-state index >= 15 is 0 Å². The Morgan fingerprint density at radius 1 is 0.821 bits per heavy atom. The number of carbonyl (C=O) groups is 2. The van der Waals surface area contributed by atoms with E-state index in [1.165, 1.54) is 24.3 Å². The minimum atomic E-state index is -3.64. The number of hydrogen-bond acceptors (Lipinski definition) is 4. The Kier molecular flexibility index (Phi) is 4.59. The monoisotopic (exact) mass is 398 g/mol. The van der Waals surface area contributed by atoms with Crippen LogP contribution in [0.5, 0.6) is 0 Å². The number of fused-ring (bicyclic) bond motifs is 1. The molecule has 2 amide bonds. The molecule has 0 bridgehead atoms. The van der Waals surface area contributed by atoms with E-state index in [-0.39, 0.29) is 17.0 Å². The SMILES string of the molecule is CC1CCCC(C)N1S(=O)(=O)c1ccc(N2C(=O)c3ccccc3C2=O)cc1. The number of benzene rings is 2. The topological polar surface area (TPSA) is 74.8 Å². The van der Waals surface area contributed by atoms with E-state index < -0.39 is 21.8 Å². The fraction of sp³-hybridized carbons (Fsp3) is 0.333. The van der Waals surface area contributed by atoms with E-state index in [2.05, 4.69) is 0 Å². The standard InChI is InChI=1S/C21H22N2O4S/c1-14-6-5-7-15(2)23(14)28(26,27)17-12-10-16(11-13-17)22-20(24)18-8-3-4-9-19(18)21(22)25/h3-4,8-15H,5-7H2,1-2H3.